The number of hydrogen-bond donors (Lipinski definition) is 1. The molecular weight excluding hydrogens is 276 g/mol. The molecule has 0 aromatic heterocycles. The molecule has 3 nitrogen and oxygen atoms in total. The van der Waals surface area contributed by atoms with Gasteiger partial charge in [0.15, 0.2) is 0 Å². The van der Waals surface area contributed by atoms with E-state index in [0.29, 0.717) is 5.56 Å². The molecule has 2 aromatic rings. The van der Waals surface area contributed by atoms with Crippen molar-refractivity contribution >= 4 is 0 Å². The molecule has 5 heteroatoms. The minimum atomic E-state index is -2.85. The number of nitrogens with two attached hydrogens (primary N) is 1. The van der Waals surface area contributed by atoms with Crippen LogP contribution < -0.4 is 15.2 Å². The van der Waals surface area contributed by atoms with E-state index in [1.54, 1.807) is 19.2 Å². The molecule has 1 unspecified atom stereocenters. The van der Waals surface area contributed by atoms with E-state index in [1.165, 1.54) is 12.1 Å². The first kappa shape index (κ1) is 15.3. The Morgan fingerprint density at radius 2 is 1.81 bits per heavy atom. The minimum Gasteiger partial charge on any atom is -0.497 e. The van der Waals surface area contributed by atoms with Crippen LogP contribution in [0, 0.1) is 6.92 Å². The summed E-state index contributed by atoms with van der Waals surface area (Å²) in [7, 11) is 1.60. The molecule has 0 saturated heterocycles. The molecule has 0 radical (unpaired) electrons. The lowest BCUT2D eigenvalue weighted by Gasteiger charge is -2.17. The Morgan fingerprint density at radius 1 is 1.05 bits per heavy atom. The molecule has 0 aliphatic rings. The van der Waals surface area contributed by atoms with Crippen molar-refractivity contribution in [1.82, 2.24) is 0 Å². The average Bonchev–Trinajstić information content (AvgIpc) is 2.46. The van der Waals surface area contributed by atoms with Crippen LogP contribution in [-0.4, -0.2) is 13.7 Å². The van der Waals surface area contributed by atoms with Gasteiger partial charge in [0.1, 0.15) is 11.5 Å². The minimum absolute atomic E-state index is 0.101. The predicted molar refractivity (Wildman–Crippen MR) is 76.8 cm³/mol. The van der Waals surface area contributed by atoms with Crippen molar-refractivity contribution in [1.29, 1.82) is 0 Å². The number of benzene rings is 2. The van der Waals surface area contributed by atoms with Gasteiger partial charge in [-0.15, -0.1) is 0 Å². The quantitative estimate of drug-likeness (QED) is 0.915. The van der Waals surface area contributed by atoms with Crippen molar-refractivity contribution < 1.29 is 18.3 Å². The lowest BCUT2D eigenvalue weighted by Crippen LogP contribution is -2.13. The van der Waals surface area contributed by atoms with Crippen molar-refractivity contribution in [3.05, 3.63) is 59.2 Å². The van der Waals surface area contributed by atoms with Gasteiger partial charge in [-0.3, -0.25) is 0 Å². The molecule has 21 heavy (non-hydrogen) atoms. The van der Waals surface area contributed by atoms with Gasteiger partial charge >= 0.3 is 6.61 Å². The standard InChI is InChI=1S/C16H17F2NO2/c1-10-8-12(20-2)6-7-14(10)15(19)11-4-3-5-13(9-11)21-16(17)18/h3-9,15-16H,19H2,1-2H3. The molecule has 2 aromatic carbocycles. The maximum atomic E-state index is 12.3. The molecule has 0 bridgehead atoms. The van der Waals surface area contributed by atoms with Crippen LogP contribution in [0.4, 0.5) is 8.78 Å². The zero-order valence-corrected chi connectivity index (χ0v) is 11.8. The molecule has 0 aliphatic heterocycles. The number of halogens is 2. The number of aryl methyl sites for hydroxylation is 1. The molecule has 112 valence electrons. The Bertz CT molecular complexity index is 617. The van der Waals surface area contributed by atoms with Gasteiger partial charge in [0.2, 0.25) is 0 Å². The Kier molecular flexibility index (Phi) is 4.75. The SMILES string of the molecule is COc1ccc(C(N)c2cccc(OC(F)F)c2)c(C)c1. The molecule has 0 fully saturated rings. The lowest BCUT2D eigenvalue weighted by molar-refractivity contribution is -0.0498. The summed E-state index contributed by atoms with van der Waals surface area (Å²) in [5.41, 5.74) is 8.82. The maximum absolute atomic E-state index is 12.3. The zero-order valence-electron chi connectivity index (χ0n) is 11.8. The highest BCUT2D eigenvalue weighted by atomic mass is 19.3. The van der Waals surface area contributed by atoms with E-state index < -0.39 is 12.7 Å². The first-order valence-electron chi connectivity index (χ1n) is 6.46. The third-order valence-corrected chi connectivity index (χ3v) is 3.25. The second kappa shape index (κ2) is 6.54. The summed E-state index contributed by atoms with van der Waals surface area (Å²) in [6.45, 7) is -0.920. The first-order valence-corrected chi connectivity index (χ1v) is 6.46. The van der Waals surface area contributed by atoms with Crippen LogP contribution in [-0.2, 0) is 0 Å². The summed E-state index contributed by atoms with van der Waals surface area (Å²) >= 11 is 0. The topological polar surface area (TPSA) is 44.5 Å². The van der Waals surface area contributed by atoms with Gasteiger partial charge in [-0.2, -0.15) is 8.78 Å². The highest BCUT2D eigenvalue weighted by molar-refractivity contribution is 5.42. The highest BCUT2D eigenvalue weighted by Gasteiger charge is 2.14. The van der Waals surface area contributed by atoms with E-state index in [9.17, 15) is 8.78 Å². The van der Waals surface area contributed by atoms with Crippen LogP contribution in [0.25, 0.3) is 0 Å². The highest BCUT2D eigenvalue weighted by Crippen LogP contribution is 2.28. The van der Waals surface area contributed by atoms with E-state index in [-0.39, 0.29) is 5.75 Å². The Balaban J connectivity index is 2.29. The van der Waals surface area contributed by atoms with Gasteiger partial charge in [-0.25, -0.2) is 0 Å². The van der Waals surface area contributed by atoms with Crippen LogP contribution >= 0.6 is 0 Å². The molecule has 0 heterocycles. The van der Waals surface area contributed by atoms with E-state index in [1.807, 2.05) is 25.1 Å². The molecule has 2 rings (SSSR count). The third-order valence-electron chi connectivity index (χ3n) is 3.25. The van der Waals surface area contributed by atoms with Gasteiger partial charge in [0, 0.05) is 0 Å². The third kappa shape index (κ3) is 3.70. The van der Waals surface area contributed by atoms with Crippen molar-refractivity contribution in [2.75, 3.05) is 7.11 Å². The zero-order chi connectivity index (χ0) is 15.4. The molecule has 1 atom stereocenters. The van der Waals surface area contributed by atoms with Crippen molar-refractivity contribution in [3.63, 3.8) is 0 Å². The van der Waals surface area contributed by atoms with Crippen molar-refractivity contribution in [2.24, 2.45) is 5.73 Å². The number of ether oxygens (including phenoxy) is 2. The predicted octanol–water partition coefficient (Wildman–Crippen LogP) is 3.65. The monoisotopic (exact) mass is 293 g/mol. The molecule has 0 amide bonds. The summed E-state index contributed by atoms with van der Waals surface area (Å²) < 4.78 is 34.1. The van der Waals surface area contributed by atoms with Gasteiger partial charge in [-0.1, -0.05) is 18.2 Å². The van der Waals surface area contributed by atoms with Gasteiger partial charge in [0.05, 0.1) is 13.2 Å². The van der Waals surface area contributed by atoms with Gasteiger partial charge in [-0.05, 0) is 47.9 Å². The van der Waals surface area contributed by atoms with E-state index in [2.05, 4.69) is 4.74 Å². The second-order valence-corrected chi connectivity index (χ2v) is 4.65. The first-order chi connectivity index (χ1) is 10.0. The number of methoxy groups -OCH3 is 1. The molecule has 0 saturated carbocycles. The summed E-state index contributed by atoms with van der Waals surface area (Å²) in [5, 5.41) is 0. The Hall–Kier alpha value is -2.14. The fourth-order valence-electron chi connectivity index (χ4n) is 2.19. The maximum Gasteiger partial charge on any atom is 0.387 e. The van der Waals surface area contributed by atoms with E-state index in [0.717, 1.165) is 16.9 Å². The van der Waals surface area contributed by atoms with Crippen LogP contribution in [0.1, 0.15) is 22.7 Å². The smallest absolute Gasteiger partial charge is 0.387 e. The average molecular weight is 293 g/mol. The molecule has 0 aliphatic carbocycles. The largest absolute Gasteiger partial charge is 0.497 e. The van der Waals surface area contributed by atoms with Crippen molar-refractivity contribution in [2.45, 2.75) is 19.6 Å². The second-order valence-electron chi connectivity index (χ2n) is 4.65. The van der Waals surface area contributed by atoms with Crippen LogP contribution in [0.15, 0.2) is 42.5 Å². The number of rotatable bonds is 5. The van der Waals surface area contributed by atoms with E-state index in [4.69, 9.17) is 10.5 Å². The Labute approximate surface area is 122 Å². The Morgan fingerprint density at radius 3 is 2.43 bits per heavy atom. The normalized spacial score (nSPS) is 12.3. The van der Waals surface area contributed by atoms with Gasteiger partial charge in [0.25, 0.3) is 0 Å². The number of alkyl halides is 2. The number of hydrogen-bond acceptors (Lipinski definition) is 3. The fraction of sp³-hybridized carbons (Fsp3) is 0.250. The summed E-state index contributed by atoms with van der Waals surface area (Å²) in [4.78, 5) is 0. The lowest BCUT2D eigenvalue weighted by atomic mass is 9.95. The van der Waals surface area contributed by atoms with Crippen LogP contribution in [0.3, 0.4) is 0 Å². The summed E-state index contributed by atoms with van der Waals surface area (Å²) in [6.07, 6.45) is 0. The summed E-state index contributed by atoms with van der Waals surface area (Å²) in [6, 6.07) is 11.6. The van der Waals surface area contributed by atoms with Crippen LogP contribution in [0.2, 0.25) is 0 Å². The summed E-state index contributed by atoms with van der Waals surface area (Å²) in [5.74, 6) is 0.849. The fourth-order valence-corrected chi connectivity index (χ4v) is 2.19. The van der Waals surface area contributed by atoms with E-state index >= 15 is 0 Å². The molecular formula is C16H17F2NO2. The molecule has 2 N–H and O–H groups in total. The van der Waals surface area contributed by atoms with Crippen LogP contribution in [0.5, 0.6) is 11.5 Å². The van der Waals surface area contributed by atoms with Gasteiger partial charge < -0.3 is 15.2 Å². The molecule has 0 spiro atoms. The van der Waals surface area contributed by atoms with Crippen molar-refractivity contribution in [3.8, 4) is 11.5 Å².